The summed E-state index contributed by atoms with van der Waals surface area (Å²) in [6.07, 6.45) is 0. The Morgan fingerprint density at radius 2 is 1.90 bits per heavy atom. The van der Waals surface area contributed by atoms with Gasteiger partial charge in [-0.2, -0.15) is 0 Å². The highest BCUT2D eigenvalue weighted by Gasteiger charge is 2.20. The fraction of sp³-hybridized carbons (Fsp3) is 0.188. The minimum Gasteiger partial charge on any atom is -0.456 e. The second kappa shape index (κ2) is 5.35. The number of benzene rings is 2. The highest BCUT2D eigenvalue weighted by molar-refractivity contribution is 6.02. The number of aryl methyl sites for hydroxylation is 1. The molecule has 4 nitrogen and oxygen atoms in total. The summed E-state index contributed by atoms with van der Waals surface area (Å²) in [7, 11) is 0. The van der Waals surface area contributed by atoms with Gasteiger partial charge in [0.1, 0.15) is 17.3 Å². The molecule has 102 valence electrons. The van der Waals surface area contributed by atoms with Gasteiger partial charge < -0.3 is 4.74 Å². The van der Waals surface area contributed by atoms with Gasteiger partial charge in [0, 0.05) is 0 Å². The van der Waals surface area contributed by atoms with E-state index in [1.54, 1.807) is 5.01 Å². The van der Waals surface area contributed by atoms with Gasteiger partial charge in [0.2, 0.25) is 0 Å². The number of hydrogen-bond donors (Lipinski definition) is 1. The van der Waals surface area contributed by atoms with Crippen molar-refractivity contribution in [2.45, 2.75) is 6.92 Å². The summed E-state index contributed by atoms with van der Waals surface area (Å²) in [4.78, 5) is 4.47. The maximum atomic E-state index is 6.04. The summed E-state index contributed by atoms with van der Waals surface area (Å²) >= 11 is 0. The molecule has 0 bridgehead atoms. The molecule has 3 rings (SSSR count). The minimum atomic E-state index is 0.727. The minimum absolute atomic E-state index is 0.727. The van der Waals surface area contributed by atoms with Gasteiger partial charge in [-0.15, -0.1) is 0 Å². The molecule has 0 radical (unpaired) electrons. The molecule has 0 aliphatic carbocycles. The summed E-state index contributed by atoms with van der Waals surface area (Å²) < 4.78 is 6.04. The first-order chi connectivity index (χ1) is 9.75. The van der Waals surface area contributed by atoms with Crippen LogP contribution < -0.4 is 10.6 Å². The molecule has 2 aromatic carbocycles. The topological polar surface area (TPSA) is 50.8 Å². The Hall–Kier alpha value is -2.33. The Morgan fingerprint density at radius 3 is 2.60 bits per heavy atom. The standard InChI is InChI=1S/C16H17N3O/c1-12-6-5-9-14(16-18-10-11-19(16)17)15(12)20-13-7-3-2-4-8-13/h2-9H,10-11,17H2,1H3. The number of nitrogens with two attached hydrogens (primary N) is 1. The smallest absolute Gasteiger partial charge is 0.149 e. The molecule has 0 atom stereocenters. The zero-order valence-electron chi connectivity index (χ0n) is 11.4. The lowest BCUT2D eigenvalue weighted by molar-refractivity contribution is 0.465. The Bertz CT molecular complexity index is 637. The number of hydrogen-bond acceptors (Lipinski definition) is 4. The van der Waals surface area contributed by atoms with Crippen molar-refractivity contribution in [3.8, 4) is 11.5 Å². The van der Waals surface area contributed by atoms with E-state index in [9.17, 15) is 0 Å². The summed E-state index contributed by atoms with van der Waals surface area (Å²) in [6.45, 7) is 3.50. The van der Waals surface area contributed by atoms with Gasteiger partial charge in [-0.1, -0.05) is 30.3 Å². The predicted octanol–water partition coefficient (Wildman–Crippen LogP) is 2.72. The van der Waals surface area contributed by atoms with Crippen molar-refractivity contribution in [2.24, 2.45) is 10.8 Å². The Labute approximate surface area is 118 Å². The van der Waals surface area contributed by atoms with E-state index < -0.39 is 0 Å². The fourth-order valence-corrected chi connectivity index (χ4v) is 2.27. The molecular weight excluding hydrogens is 250 g/mol. The quantitative estimate of drug-likeness (QED) is 0.870. The lowest BCUT2D eigenvalue weighted by atomic mass is 10.1. The molecule has 0 saturated carbocycles. The molecule has 1 heterocycles. The van der Waals surface area contributed by atoms with E-state index in [4.69, 9.17) is 10.6 Å². The van der Waals surface area contributed by atoms with Gasteiger partial charge in [-0.3, -0.25) is 10.0 Å². The Morgan fingerprint density at radius 1 is 1.10 bits per heavy atom. The van der Waals surface area contributed by atoms with Crippen LogP contribution in [0.25, 0.3) is 0 Å². The molecule has 0 saturated heterocycles. The highest BCUT2D eigenvalue weighted by Crippen LogP contribution is 2.30. The van der Waals surface area contributed by atoms with Gasteiger partial charge in [0.25, 0.3) is 0 Å². The Balaban J connectivity index is 2.01. The number of amidine groups is 1. The summed E-state index contributed by atoms with van der Waals surface area (Å²) in [6, 6.07) is 15.8. The zero-order chi connectivity index (χ0) is 13.9. The molecule has 0 aromatic heterocycles. The van der Waals surface area contributed by atoms with Crippen molar-refractivity contribution < 1.29 is 4.74 Å². The van der Waals surface area contributed by atoms with Gasteiger partial charge >= 0.3 is 0 Å². The number of nitrogens with zero attached hydrogens (tertiary/aromatic N) is 2. The number of hydrazine groups is 1. The monoisotopic (exact) mass is 267 g/mol. The third-order valence-corrected chi connectivity index (χ3v) is 3.29. The molecular formula is C16H17N3O. The lowest BCUT2D eigenvalue weighted by Crippen LogP contribution is -2.35. The van der Waals surface area contributed by atoms with Crippen molar-refractivity contribution in [3.63, 3.8) is 0 Å². The van der Waals surface area contributed by atoms with E-state index in [0.717, 1.165) is 41.6 Å². The van der Waals surface area contributed by atoms with Crippen LogP contribution in [0.1, 0.15) is 11.1 Å². The molecule has 0 amide bonds. The average Bonchev–Trinajstić information content (AvgIpc) is 2.88. The molecule has 1 aliphatic heterocycles. The maximum absolute atomic E-state index is 6.04. The van der Waals surface area contributed by atoms with Crippen LogP contribution in [0.4, 0.5) is 0 Å². The summed E-state index contributed by atoms with van der Waals surface area (Å²) in [5, 5.41) is 1.67. The van der Waals surface area contributed by atoms with Crippen LogP contribution in [0.2, 0.25) is 0 Å². The first-order valence-electron chi connectivity index (χ1n) is 6.65. The second-order valence-electron chi connectivity index (χ2n) is 4.77. The van der Waals surface area contributed by atoms with Crippen LogP contribution in [-0.4, -0.2) is 23.9 Å². The van der Waals surface area contributed by atoms with E-state index >= 15 is 0 Å². The Kier molecular flexibility index (Phi) is 3.39. The second-order valence-corrected chi connectivity index (χ2v) is 4.77. The van der Waals surface area contributed by atoms with E-state index in [1.807, 2.05) is 55.5 Å². The normalized spacial score (nSPS) is 14.3. The SMILES string of the molecule is Cc1cccc(C2=NCCN2N)c1Oc1ccccc1. The van der Waals surface area contributed by atoms with E-state index in [2.05, 4.69) is 4.99 Å². The number of ether oxygens (including phenoxy) is 1. The summed E-state index contributed by atoms with van der Waals surface area (Å²) in [5.41, 5.74) is 2.00. The van der Waals surface area contributed by atoms with Crippen molar-refractivity contribution in [3.05, 3.63) is 59.7 Å². The molecule has 2 N–H and O–H groups in total. The summed E-state index contributed by atoms with van der Waals surface area (Å²) in [5.74, 6) is 8.39. The van der Waals surface area contributed by atoms with Crippen LogP contribution in [0, 0.1) is 6.92 Å². The molecule has 20 heavy (non-hydrogen) atoms. The van der Waals surface area contributed by atoms with E-state index in [-0.39, 0.29) is 0 Å². The van der Waals surface area contributed by atoms with Crippen LogP contribution in [0.15, 0.2) is 53.5 Å². The third-order valence-electron chi connectivity index (χ3n) is 3.29. The predicted molar refractivity (Wildman–Crippen MR) is 80.0 cm³/mol. The molecule has 0 spiro atoms. The highest BCUT2D eigenvalue weighted by atomic mass is 16.5. The van der Waals surface area contributed by atoms with Gasteiger partial charge in [-0.05, 0) is 30.7 Å². The van der Waals surface area contributed by atoms with Crippen molar-refractivity contribution in [1.82, 2.24) is 5.01 Å². The third kappa shape index (κ3) is 2.38. The first kappa shape index (κ1) is 12.7. The van der Waals surface area contributed by atoms with Gasteiger partial charge in [-0.25, -0.2) is 5.84 Å². The largest absolute Gasteiger partial charge is 0.456 e. The first-order valence-corrected chi connectivity index (χ1v) is 6.65. The lowest BCUT2D eigenvalue weighted by Gasteiger charge is -2.18. The van der Waals surface area contributed by atoms with Gasteiger partial charge in [0.05, 0.1) is 18.7 Å². The number of para-hydroxylation sites is 2. The van der Waals surface area contributed by atoms with Crippen LogP contribution in [0.3, 0.4) is 0 Å². The van der Waals surface area contributed by atoms with E-state index in [1.165, 1.54) is 0 Å². The molecule has 1 aliphatic rings. The van der Waals surface area contributed by atoms with Gasteiger partial charge in [0.15, 0.2) is 0 Å². The molecule has 4 heteroatoms. The van der Waals surface area contributed by atoms with Crippen LogP contribution in [0.5, 0.6) is 11.5 Å². The molecule has 2 aromatic rings. The van der Waals surface area contributed by atoms with Crippen molar-refractivity contribution in [1.29, 1.82) is 0 Å². The van der Waals surface area contributed by atoms with Crippen LogP contribution in [-0.2, 0) is 0 Å². The van der Waals surface area contributed by atoms with Crippen molar-refractivity contribution in [2.75, 3.05) is 13.1 Å². The van der Waals surface area contributed by atoms with E-state index in [0.29, 0.717) is 0 Å². The molecule has 0 fully saturated rings. The number of rotatable bonds is 3. The molecule has 0 unspecified atom stereocenters. The zero-order valence-corrected chi connectivity index (χ0v) is 11.4. The number of aliphatic imine (C=N–C) groups is 1. The van der Waals surface area contributed by atoms with Crippen LogP contribution >= 0.6 is 0 Å². The van der Waals surface area contributed by atoms with Crippen molar-refractivity contribution >= 4 is 5.84 Å². The maximum Gasteiger partial charge on any atom is 0.149 e. The average molecular weight is 267 g/mol. The fourth-order valence-electron chi connectivity index (χ4n) is 2.27.